The minimum atomic E-state index is -0.204. The Morgan fingerprint density at radius 2 is 2.27 bits per heavy atom. The van der Waals surface area contributed by atoms with Gasteiger partial charge < -0.3 is 15.0 Å². The second-order valence-corrected chi connectivity index (χ2v) is 5.93. The largest absolute Gasteiger partial charge is 0.465 e. The average Bonchev–Trinajstić information content (AvgIpc) is 2.83. The van der Waals surface area contributed by atoms with E-state index in [0.29, 0.717) is 12.5 Å². The lowest BCUT2D eigenvalue weighted by Crippen LogP contribution is -2.24. The molecule has 1 heterocycles. The third-order valence-electron chi connectivity index (χ3n) is 4.37. The first-order chi connectivity index (χ1) is 10.6. The van der Waals surface area contributed by atoms with Crippen molar-refractivity contribution in [1.82, 2.24) is 5.16 Å². The van der Waals surface area contributed by atoms with E-state index in [1.165, 1.54) is 16.7 Å². The summed E-state index contributed by atoms with van der Waals surface area (Å²) < 4.78 is 10.5. The summed E-state index contributed by atoms with van der Waals surface area (Å²) in [6.45, 7) is 4.43. The minimum Gasteiger partial charge on any atom is -0.465 e. The molecule has 0 amide bonds. The molecule has 1 aromatic heterocycles. The summed E-state index contributed by atoms with van der Waals surface area (Å²) in [6.07, 6.45) is 3.02. The quantitative estimate of drug-likeness (QED) is 0.674. The van der Waals surface area contributed by atoms with Gasteiger partial charge in [0.15, 0.2) is 0 Å². The smallest absolute Gasteiger partial charge is 0.279 e. The Bertz CT molecular complexity index is 686. The van der Waals surface area contributed by atoms with Gasteiger partial charge in [0.2, 0.25) is 0 Å². The molecule has 3 rings (SSSR count). The predicted molar refractivity (Wildman–Crippen MR) is 84.8 cm³/mol. The summed E-state index contributed by atoms with van der Waals surface area (Å²) in [5, 5.41) is 11.3. The van der Waals surface area contributed by atoms with Gasteiger partial charge in [0.25, 0.3) is 6.02 Å². The van der Waals surface area contributed by atoms with Crippen LogP contribution in [0.1, 0.15) is 29.0 Å². The highest BCUT2D eigenvalue weighted by molar-refractivity contribution is 5.72. The van der Waals surface area contributed by atoms with Crippen LogP contribution in [-0.4, -0.2) is 17.8 Å². The van der Waals surface area contributed by atoms with Crippen molar-refractivity contribution in [2.75, 3.05) is 6.61 Å². The fourth-order valence-corrected chi connectivity index (χ4v) is 3.31. The van der Waals surface area contributed by atoms with Crippen LogP contribution < -0.4 is 5.73 Å². The van der Waals surface area contributed by atoms with Crippen molar-refractivity contribution >= 4 is 6.02 Å². The van der Waals surface area contributed by atoms with Crippen molar-refractivity contribution in [2.24, 2.45) is 11.7 Å². The third kappa shape index (κ3) is 2.71. The zero-order valence-electron chi connectivity index (χ0n) is 13.0. The summed E-state index contributed by atoms with van der Waals surface area (Å²) in [4.78, 5) is 0. The zero-order valence-corrected chi connectivity index (χ0v) is 13.0. The summed E-state index contributed by atoms with van der Waals surface area (Å²) in [6, 6.07) is 6.23. The normalized spacial score (nSPS) is 17.1. The van der Waals surface area contributed by atoms with Gasteiger partial charge in [-0.1, -0.05) is 23.4 Å². The van der Waals surface area contributed by atoms with Gasteiger partial charge in [-0.3, -0.25) is 5.41 Å². The summed E-state index contributed by atoms with van der Waals surface area (Å²) in [5.74, 6) is 1.24. The standard InChI is InChI=1S/C17H21N3O2/c1-10-16(11(2)22-20-10)14-5-3-4-13-7-6-12(8-15(13)14)9-21-17(18)19/h3-5,12H,6-9H2,1-2H3,(H3,18,19). The minimum absolute atomic E-state index is 0.204. The maximum Gasteiger partial charge on any atom is 0.279 e. The van der Waals surface area contributed by atoms with Crippen LogP contribution >= 0.6 is 0 Å². The molecule has 1 aromatic carbocycles. The summed E-state index contributed by atoms with van der Waals surface area (Å²) >= 11 is 0. The maximum absolute atomic E-state index is 7.21. The van der Waals surface area contributed by atoms with E-state index < -0.39 is 0 Å². The number of nitrogens with two attached hydrogens (primary N) is 1. The first kappa shape index (κ1) is 14.6. The maximum atomic E-state index is 7.21. The first-order valence-electron chi connectivity index (χ1n) is 7.57. The van der Waals surface area contributed by atoms with Gasteiger partial charge in [0.05, 0.1) is 12.3 Å². The third-order valence-corrected chi connectivity index (χ3v) is 4.37. The summed E-state index contributed by atoms with van der Waals surface area (Å²) in [7, 11) is 0. The number of nitrogens with one attached hydrogen (secondary N) is 1. The molecule has 1 aliphatic rings. The van der Waals surface area contributed by atoms with Gasteiger partial charge in [-0.2, -0.15) is 0 Å². The lowest BCUT2D eigenvalue weighted by molar-refractivity contribution is 0.218. The number of aryl methyl sites for hydroxylation is 3. The number of amidine groups is 1. The van der Waals surface area contributed by atoms with Crippen LogP contribution in [0.2, 0.25) is 0 Å². The van der Waals surface area contributed by atoms with E-state index in [1.807, 2.05) is 13.8 Å². The molecule has 22 heavy (non-hydrogen) atoms. The molecule has 0 radical (unpaired) electrons. The molecular formula is C17H21N3O2. The van der Waals surface area contributed by atoms with E-state index in [2.05, 4.69) is 23.4 Å². The van der Waals surface area contributed by atoms with Crippen LogP contribution in [0.5, 0.6) is 0 Å². The molecule has 0 fully saturated rings. The molecular weight excluding hydrogens is 278 g/mol. The predicted octanol–water partition coefficient (Wildman–Crippen LogP) is 2.97. The fourth-order valence-electron chi connectivity index (χ4n) is 3.31. The molecule has 5 nitrogen and oxygen atoms in total. The Labute approximate surface area is 130 Å². The average molecular weight is 299 g/mol. The van der Waals surface area contributed by atoms with Gasteiger partial charge in [-0.15, -0.1) is 0 Å². The second kappa shape index (κ2) is 5.83. The van der Waals surface area contributed by atoms with Crippen molar-refractivity contribution in [3.63, 3.8) is 0 Å². The lowest BCUT2D eigenvalue weighted by Gasteiger charge is -2.26. The van der Waals surface area contributed by atoms with E-state index >= 15 is 0 Å². The van der Waals surface area contributed by atoms with Crippen LogP contribution in [-0.2, 0) is 17.6 Å². The number of ether oxygens (including phenoxy) is 1. The number of rotatable bonds is 3. The Balaban J connectivity index is 1.94. The van der Waals surface area contributed by atoms with E-state index in [4.69, 9.17) is 20.4 Å². The molecule has 0 saturated heterocycles. The van der Waals surface area contributed by atoms with Gasteiger partial charge in [-0.25, -0.2) is 0 Å². The van der Waals surface area contributed by atoms with Crippen molar-refractivity contribution in [2.45, 2.75) is 33.1 Å². The number of fused-ring (bicyclic) bond motifs is 1. The number of hydrogen-bond acceptors (Lipinski definition) is 4. The lowest BCUT2D eigenvalue weighted by atomic mass is 9.80. The Hall–Kier alpha value is -2.30. The van der Waals surface area contributed by atoms with Crippen molar-refractivity contribution in [1.29, 1.82) is 5.41 Å². The molecule has 116 valence electrons. The molecule has 0 bridgehead atoms. The van der Waals surface area contributed by atoms with Crippen LogP contribution in [0, 0.1) is 25.2 Å². The van der Waals surface area contributed by atoms with Crippen LogP contribution in [0.25, 0.3) is 11.1 Å². The monoisotopic (exact) mass is 299 g/mol. The SMILES string of the molecule is Cc1noc(C)c1-c1cccc2c1CC(COC(=N)N)CC2. The number of hydrogen-bond donors (Lipinski definition) is 2. The molecule has 0 aliphatic heterocycles. The number of nitrogens with zero attached hydrogens (tertiary/aromatic N) is 1. The van der Waals surface area contributed by atoms with Crippen LogP contribution in [0.3, 0.4) is 0 Å². The van der Waals surface area contributed by atoms with Gasteiger partial charge >= 0.3 is 0 Å². The van der Waals surface area contributed by atoms with Gasteiger partial charge in [-0.05, 0) is 55.7 Å². The topological polar surface area (TPSA) is 85.1 Å². The zero-order chi connectivity index (χ0) is 15.7. The second-order valence-electron chi connectivity index (χ2n) is 5.93. The Kier molecular flexibility index (Phi) is 3.88. The van der Waals surface area contributed by atoms with Crippen LogP contribution in [0.15, 0.2) is 22.7 Å². The van der Waals surface area contributed by atoms with Crippen LogP contribution in [0.4, 0.5) is 0 Å². The van der Waals surface area contributed by atoms with Crippen molar-refractivity contribution < 1.29 is 9.26 Å². The van der Waals surface area contributed by atoms with E-state index in [9.17, 15) is 0 Å². The highest BCUT2D eigenvalue weighted by Crippen LogP contribution is 2.36. The van der Waals surface area contributed by atoms with Gasteiger partial charge in [0.1, 0.15) is 5.76 Å². The highest BCUT2D eigenvalue weighted by Gasteiger charge is 2.24. The summed E-state index contributed by atoms with van der Waals surface area (Å²) in [5.41, 5.74) is 11.3. The Morgan fingerprint density at radius 1 is 1.45 bits per heavy atom. The Morgan fingerprint density at radius 3 is 2.95 bits per heavy atom. The molecule has 5 heteroatoms. The highest BCUT2D eigenvalue weighted by atomic mass is 16.5. The molecule has 1 aliphatic carbocycles. The first-order valence-corrected chi connectivity index (χ1v) is 7.57. The molecule has 0 saturated carbocycles. The van der Waals surface area contributed by atoms with Crippen molar-refractivity contribution in [3.8, 4) is 11.1 Å². The molecule has 1 unspecified atom stereocenters. The number of benzene rings is 1. The number of aromatic nitrogens is 1. The van der Waals surface area contributed by atoms with E-state index in [0.717, 1.165) is 36.3 Å². The van der Waals surface area contributed by atoms with Crippen molar-refractivity contribution in [3.05, 3.63) is 40.8 Å². The molecule has 1 atom stereocenters. The molecule has 0 spiro atoms. The van der Waals surface area contributed by atoms with E-state index in [1.54, 1.807) is 0 Å². The fraction of sp³-hybridized carbons (Fsp3) is 0.412. The van der Waals surface area contributed by atoms with E-state index in [-0.39, 0.29) is 6.02 Å². The molecule has 3 N–H and O–H groups in total. The molecule has 2 aromatic rings. The van der Waals surface area contributed by atoms with Gasteiger partial charge in [0, 0.05) is 5.56 Å².